The molecular formula is C11H9ClN2S. The lowest BCUT2D eigenvalue weighted by atomic mass is 10.4. The summed E-state index contributed by atoms with van der Waals surface area (Å²) in [7, 11) is 0. The molecule has 0 fully saturated rings. The van der Waals surface area contributed by atoms with E-state index in [1.54, 1.807) is 18.0 Å². The lowest BCUT2D eigenvalue weighted by molar-refractivity contribution is 0.986. The maximum Gasteiger partial charge on any atom is 0.147 e. The van der Waals surface area contributed by atoms with Crippen molar-refractivity contribution in [2.45, 2.75) is 16.8 Å². The van der Waals surface area contributed by atoms with E-state index in [2.05, 4.69) is 9.97 Å². The van der Waals surface area contributed by atoms with E-state index in [0.717, 1.165) is 15.6 Å². The van der Waals surface area contributed by atoms with Gasteiger partial charge in [0.15, 0.2) is 0 Å². The molecule has 0 radical (unpaired) electrons. The Hall–Kier alpha value is -1.06. The highest BCUT2D eigenvalue weighted by Crippen LogP contribution is 2.27. The smallest absolute Gasteiger partial charge is 0.147 e. The van der Waals surface area contributed by atoms with E-state index < -0.39 is 0 Å². The average molecular weight is 237 g/mol. The van der Waals surface area contributed by atoms with Gasteiger partial charge in [-0.05, 0) is 19.1 Å². The Bertz CT molecular complexity index is 459. The Labute approximate surface area is 97.7 Å². The lowest BCUT2D eigenvalue weighted by Crippen LogP contribution is -1.89. The Morgan fingerprint density at radius 2 is 1.93 bits per heavy atom. The molecule has 0 atom stereocenters. The molecule has 2 aromatic rings. The number of benzene rings is 1. The van der Waals surface area contributed by atoms with Crippen LogP contribution in [-0.2, 0) is 0 Å². The van der Waals surface area contributed by atoms with Crippen LogP contribution in [0, 0.1) is 6.92 Å². The first-order valence-electron chi connectivity index (χ1n) is 4.48. The van der Waals surface area contributed by atoms with Crippen molar-refractivity contribution in [3.05, 3.63) is 47.4 Å². The van der Waals surface area contributed by atoms with E-state index in [-0.39, 0.29) is 0 Å². The van der Waals surface area contributed by atoms with Gasteiger partial charge in [-0.3, -0.25) is 0 Å². The number of hydrogen-bond acceptors (Lipinski definition) is 3. The third-order valence-electron chi connectivity index (χ3n) is 1.83. The van der Waals surface area contributed by atoms with Gasteiger partial charge in [-0.1, -0.05) is 41.6 Å². The molecule has 0 saturated carbocycles. The fraction of sp³-hybridized carbons (Fsp3) is 0.0909. The second-order valence-electron chi connectivity index (χ2n) is 3.00. The van der Waals surface area contributed by atoms with Crippen LogP contribution in [0.5, 0.6) is 0 Å². The molecule has 0 spiro atoms. The van der Waals surface area contributed by atoms with Gasteiger partial charge in [0.1, 0.15) is 10.2 Å². The van der Waals surface area contributed by atoms with E-state index in [9.17, 15) is 0 Å². The maximum absolute atomic E-state index is 5.74. The van der Waals surface area contributed by atoms with E-state index in [1.807, 2.05) is 37.3 Å². The maximum atomic E-state index is 5.74. The van der Waals surface area contributed by atoms with Crippen molar-refractivity contribution >= 4 is 23.4 Å². The van der Waals surface area contributed by atoms with Crippen molar-refractivity contribution in [3.63, 3.8) is 0 Å². The Balaban J connectivity index is 2.25. The van der Waals surface area contributed by atoms with Crippen molar-refractivity contribution in [2.75, 3.05) is 0 Å². The predicted molar refractivity (Wildman–Crippen MR) is 62.3 cm³/mol. The topological polar surface area (TPSA) is 25.8 Å². The van der Waals surface area contributed by atoms with Crippen molar-refractivity contribution < 1.29 is 0 Å². The van der Waals surface area contributed by atoms with Gasteiger partial charge in [-0.2, -0.15) is 0 Å². The SMILES string of the molecule is Cc1nc(Cl)cnc1Sc1ccccc1. The Morgan fingerprint density at radius 3 is 2.60 bits per heavy atom. The van der Waals surface area contributed by atoms with Crippen molar-refractivity contribution in [1.29, 1.82) is 0 Å². The summed E-state index contributed by atoms with van der Waals surface area (Å²) in [6.45, 7) is 1.91. The van der Waals surface area contributed by atoms with Gasteiger partial charge in [0.05, 0.1) is 11.9 Å². The normalized spacial score (nSPS) is 10.3. The molecule has 0 N–H and O–H groups in total. The summed E-state index contributed by atoms with van der Waals surface area (Å²) in [6, 6.07) is 10.1. The number of aromatic nitrogens is 2. The van der Waals surface area contributed by atoms with Crippen molar-refractivity contribution in [3.8, 4) is 0 Å². The quantitative estimate of drug-likeness (QED) is 0.797. The first kappa shape index (κ1) is 10.5. The third kappa shape index (κ3) is 2.70. The van der Waals surface area contributed by atoms with Gasteiger partial charge < -0.3 is 0 Å². The molecule has 0 unspecified atom stereocenters. The zero-order valence-corrected chi connectivity index (χ0v) is 9.72. The number of nitrogens with zero attached hydrogens (tertiary/aromatic N) is 2. The largest absolute Gasteiger partial charge is 0.244 e. The predicted octanol–water partition coefficient (Wildman–Crippen LogP) is 3.59. The zero-order valence-electron chi connectivity index (χ0n) is 8.14. The van der Waals surface area contributed by atoms with Crippen LogP contribution in [0.2, 0.25) is 5.15 Å². The van der Waals surface area contributed by atoms with Crippen molar-refractivity contribution in [2.24, 2.45) is 0 Å². The Morgan fingerprint density at radius 1 is 1.20 bits per heavy atom. The first-order valence-corrected chi connectivity index (χ1v) is 5.67. The monoisotopic (exact) mass is 236 g/mol. The molecule has 0 bridgehead atoms. The lowest BCUT2D eigenvalue weighted by Gasteiger charge is -2.03. The molecule has 0 amide bonds. The molecule has 1 aromatic heterocycles. The molecule has 2 nitrogen and oxygen atoms in total. The second kappa shape index (κ2) is 4.64. The van der Waals surface area contributed by atoms with Crippen LogP contribution in [0.15, 0.2) is 46.5 Å². The van der Waals surface area contributed by atoms with Gasteiger partial charge >= 0.3 is 0 Å². The highest BCUT2D eigenvalue weighted by Gasteiger charge is 2.04. The highest BCUT2D eigenvalue weighted by atomic mass is 35.5. The highest BCUT2D eigenvalue weighted by molar-refractivity contribution is 7.99. The second-order valence-corrected chi connectivity index (χ2v) is 4.45. The van der Waals surface area contributed by atoms with Crippen molar-refractivity contribution in [1.82, 2.24) is 9.97 Å². The first-order chi connectivity index (χ1) is 7.25. The summed E-state index contributed by atoms with van der Waals surface area (Å²) >= 11 is 7.33. The van der Waals surface area contributed by atoms with Gasteiger partial charge in [-0.25, -0.2) is 9.97 Å². The van der Waals surface area contributed by atoms with Crippen LogP contribution in [0.1, 0.15) is 5.69 Å². The fourth-order valence-corrected chi connectivity index (χ4v) is 2.13. The Kier molecular flexibility index (Phi) is 3.23. The summed E-state index contributed by atoms with van der Waals surface area (Å²) in [6.07, 6.45) is 1.57. The van der Waals surface area contributed by atoms with Crippen LogP contribution >= 0.6 is 23.4 Å². The fourth-order valence-electron chi connectivity index (χ4n) is 1.14. The minimum absolute atomic E-state index is 0.435. The third-order valence-corrected chi connectivity index (χ3v) is 3.11. The standard InChI is InChI=1S/C11H9ClN2S/c1-8-11(13-7-10(12)14-8)15-9-5-3-2-4-6-9/h2-7H,1H3. The number of hydrogen-bond donors (Lipinski definition) is 0. The summed E-state index contributed by atoms with van der Waals surface area (Å²) in [5.74, 6) is 0. The molecule has 1 aromatic carbocycles. The van der Waals surface area contributed by atoms with Gasteiger partial charge in [0.2, 0.25) is 0 Å². The molecule has 1 heterocycles. The summed E-state index contributed by atoms with van der Waals surface area (Å²) in [5, 5.41) is 1.33. The minimum atomic E-state index is 0.435. The molecular weight excluding hydrogens is 228 g/mol. The van der Waals surface area contributed by atoms with E-state index in [1.165, 1.54) is 0 Å². The molecule has 0 saturated heterocycles. The summed E-state index contributed by atoms with van der Waals surface area (Å²) in [5.41, 5.74) is 0.858. The van der Waals surface area contributed by atoms with Gasteiger partial charge in [-0.15, -0.1) is 0 Å². The molecule has 0 aliphatic heterocycles. The molecule has 0 aliphatic carbocycles. The van der Waals surface area contributed by atoms with Crippen LogP contribution in [0.25, 0.3) is 0 Å². The average Bonchev–Trinajstić information content (AvgIpc) is 2.24. The molecule has 0 aliphatic rings. The number of halogens is 1. The molecule has 15 heavy (non-hydrogen) atoms. The zero-order chi connectivity index (χ0) is 10.7. The van der Waals surface area contributed by atoms with Gasteiger partial charge in [0, 0.05) is 4.90 Å². The van der Waals surface area contributed by atoms with Crippen LogP contribution in [-0.4, -0.2) is 9.97 Å². The van der Waals surface area contributed by atoms with E-state index in [0.29, 0.717) is 5.15 Å². The van der Waals surface area contributed by atoms with E-state index >= 15 is 0 Å². The molecule has 4 heteroatoms. The van der Waals surface area contributed by atoms with Crippen LogP contribution < -0.4 is 0 Å². The minimum Gasteiger partial charge on any atom is -0.244 e. The van der Waals surface area contributed by atoms with E-state index in [4.69, 9.17) is 11.6 Å². The summed E-state index contributed by atoms with van der Waals surface area (Å²) in [4.78, 5) is 9.54. The molecule has 2 rings (SSSR count). The van der Waals surface area contributed by atoms with Gasteiger partial charge in [0.25, 0.3) is 0 Å². The number of rotatable bonds is 2. The number of aryl methyl sites for hydroxylation is 1. The van der Waals surface area contributed by atoms with Crippen LogP contribution in [0.4, 0.5) is 0 Å². The summed E-state index contributed by atoms with van der Waals surface area (Å²) < 4.78 is 0. The van der Waals surface area contributed by atoms with Crippen LogP contribution in [0.3, 0.4) is 0 Å². The molecule has 76 valence electrons.